The molecule has 9 nitrogen and oxygen atoms in total. The first-order chi connectivity index (χ1) is 14.7. The first kappa shape index (κ1) is 21.2. The maximum atomic E-state index is 13.5. The number of hydrogen-bond acceptors (Lipinski definition) is 7. The summed E-state index contributed by atoms with van der Waals surface area (Å²) in [4.78, 5) is 49.5. The molecule has 3 amide bonds. The van der Waals surface area contributed by atoms with Gasteiger partial charge in [-0.1, -0.05) is 23.7 Å². The number of aliphatic imine (C=N–C) groups is 1. The van der Waals surface area contributed by atoms with Crippen molar-refractivity contribution in [3.63, 3.8) is 0 Å². The Labute approximate surface area is 185 Å². The third-order valence-electron chi connectivity index (χ3n) is 5.83. The summed E-state index contributed by atoms with van der Waals surface area (Å²) in [6.45, 7) is 5.88. The molecule has 0 N–H and O–H groups in total. The molecule has 31 heavy (non-hydrogen) atoms. The van der Waals surface area contributed by atoms with Crippen LogP contribution in [0.25, 0.3) is 0 Å². The van der Waals surface area contributed by atoms with E-state index in [1.165, 1.54) is 9.80 Å². The number of imide groups is 1. The number of carbonyl (C=O) groups is 3. The van der Waals surface area contributed by atoms with E-state index in [4.69, 9.17) is 16.3 Å². The zero-order valence-electron chi connectivity index (χ0n) is 17.8. The van der Waals surface area contributed by atoms with E-state index < -0.39 is 18.2 Å². The molecule has 1 aromatic rings. The highest BCUT2D eigenvalue weighted by molar-refractivity contribution is 6.30. The summed E-state index contributed by atoms with van der Waals surface area (Å²) < 4.78 is 5.08. The average Bonchev–Trinajstić information content (AvgIpc) is 3.22. The fourth-order valence-corrected chi connectivity index (χ4v) is 4.38. The first-order valence-electron chi connectivity index (χ1n) is 10.0. The van der Waals surface area contributed by atoms with Crippen LogP contribution in [0.15, 0.2) is 40.7 Å². The Hall–Kier alpha value is -3.07. The number of amides is 3. The fourth-order valence-electron chi connectivity index (χ4n) is 4.17. The zero-order chi connectivity index (χ0) is 22.4. The summed E-state index contributed by atoms with van der Waals surface area (Å²) in [6, 6.07) is 5.96. The molecule has 0 saturated carbocycles. The number of esters is 1. The van der Waals surface area contributed by atoms with Gasteiger partial charge in [0.2, 0.25) is 5.96 Å². The summed E-state index contributed by atoms with van der Waals surface area (Å²) in [7, 11) is 1.63. The van der Waals surface area contributed by atoms with E-state index in [0.29, 0.717) is 11.0 Å². The quantitative estimate of drug-likeness (QED) is 0.646. The second-order valence-corrected chi connectivity index (χ2v) is 8.10. The van der Waals surface area contributed by atoms with Crippen molar-refractivity contribution in [1.29, 1.82) is 0 Å². The second kappa shape index (κ2) is 7.88. The molecule has 10 heteroatoms. The van der Waals surface area contributed by atoms with E-state index in [1.807, 2.05) is 24.8 Å². The van der Waals surface area contributed by atoms with Crippen molar-refractivity contribution >= 4 is 35.5 Å². The van der Waals surface area contributed by atoms with E-state index in [-0.39, 0.29) is 31.6 Å². The molecular formula is C21H24ClN5O4. The molecule has 1 saturated heterocycles. The van der Waals surface area contributed by atoms with Gasteiger partial charge in [-0.15, -0.1) is 0 Å². The Morgan fingerprint density at radius 1 is 1.19 bits per heavy atom. The summed E-state index contributed by atoms with van der Waals surface area (Å²) >= 11 is 6.07. The number of likely N-dealkylation sites (N-methyl/N-ethyl adjacent to an activating group) is 1. The largest absolute Gasteiger partial charge is 0.465 e. The molecule has 3 heterocycles. The lowest BCUT2D eigenvalue weighted by molar-refractivity contribution is -0.143. The zero-order valence-corrected chi connectivity index (χ0v) is 18.6. The van der Waals surface area contributed by atoms with Crippen LogP contribution >= 0.6 is 11.6 Å². The van der Waals surface area contributed by atoms with Crippen LogP contribution in [0, 0.1) is 0 Å². The second-order valence-electron chi connectivity index (χ2n) is 7.67. The maximum Gasteiger partial charge on any atom is 0.328 e. The number of benzene rings is 1. The molecule has 0 bridgehead atoms. The monoisotopic (exact) mass is 445 g/mol. The highest BCUT2D eigenvalue weighted by Crippen LogP contribution is 2.37. The molecular weight excluding hydrogens is 422 g/mol. The lowest BCUT2D eigenvalue weighted by atomic mass is 10.1. The average molecular weight is 446 g/mol. The van der Waals surface area contributed by atoms with Gasteiger partial charge in [-0.25, -0.2) is 9.79 Å². The van der Waals surface area contributed by atoms with Gasteiger partial charge in [0.25, 0.3) is 5.91 Å². The third-order valence-corrected chi connectivity index (χ3v) is 6.06. The predicted molar refractivity (Wildman–Crippen MR) is 114 cm³/mol. The fraction of sp³-hybridized carbons (Fsp3) is 0.429. The molecule has 3 aliphatic rings. The van der Waals surface area contributed by atoms with Crippen LogP contribution in [0.2, 0.25) is 5.02 Å². The molecule has 0 radical (unpaired) electrons. The van der Waals surface area contributed by atoms with Gasteiger partial charge in [0, 0.05) is 23.5 Å². The van der Waals surface area contributed by atoms with Crippen LogP contribution < -0.4 is 0 Å². The number of halogens is 1. The molecule has 164 valence electrons. The molecule has 0 spiro atoms. The topological polar surface area (TPSA) is 85.8 Å². The number of nitrogens with zero attached hydrogens (tertiary/aromatic N) is 5. The van der Waals surface area contributed by atoms with Gasteiger partial charge in [0.05, 0.1) is 13.2 Å². The first-order valence-corrected chi connectivity index (χ1v) is 10.4. The van der Waals surface area contributed by atoms with E-state index in [2.05, 4.69) is 4.99 Å². The predicted octanol–water partition coefficient (Wildman–Crippen LogP) is 2.23. The number of hydrogen-bond donors (Lipinski definition) is 0. The molecule has 1 fully saturated rings. The van der Waals surface area contributed by atoms with Crippen molar-refractivity contribution < 1.29 is 19.1 Å². The van der Waals surface area contributed by atoms with Crippen molar-refractivity contribution in [3.05, 3.63) is 46.2 Å². The van der Waals surface area contributed by atoms with Gasteiger partial charge in [0.1, 0.15) is 6.54 Å². The van der Waals surface area contributed by atoms with E-state index in [9.17, 15) is 14.4 Å². The molecule has 0 aromatic heterocycles. The van der Waals surface area contributed by atoms with Crippen molar-refractivity contribution in [2.24, 2.45) is 4.99 Å². The van der Waals surface area contributed by atoms with E-state index in [0.717, 1.165) is 17.0 Å². The van der Waals surface area contributed by atoms with Crippen molar-refractivity contribution in [2.45, 2.75) is 39.5 Å². The van der Waals surface area contributed by atoms with Gasteiger partial charge in [-0.2, -0.15) is 0 Å². The van der Waals surface area contributed by atoms with Crippen molar-refractivity contribution in [1.82, 2.24) is 19.6 Å². The SMILES string of the molecule is CCOC(=O)CN1C2=NC3C(C(=O)N(Cc4cccc(Cl)c4)C(=O)N3C)N2C(C)=C1C. The van der Waals surface area contributed by atoms with Crippen molar-refractivity contribution in [2.75, 3.05) is 20.2 Å². The lowest BCUT2D eigenvalue weighted by Crippen LogP contribution is -2.64. The van der Waals surface area contributed by atoms with E-state index >= 15 is 0 Å². The lowest BCUT2D eigenvalue weighted by Gasteiger charge is -2.40. The Bertz CT molecular complexity index is 1020. The summed E-state index contributed by atoms with van der Waals surface area (Å²) in [6.07, 6.45) is -0.668. The molecule has 2 atom stereocenters. The van der Waals surface area contributed by atoms with Crippen LogP contribution in [-0.4, -0.2) is 75.9 Å². The number of guanidine groups is 1. The molecule has 0 aliphatic carbocycles. The minimum Gasteiger partial charge on any atom is -0.465 e. The molecule has 2 unspecified atom stereocenters. The van der Waals surface area contributed by atoms with Crippen LogP contribution in [0.3, 0.4) is 0 Å². The Morgan fingerprint density at radius 2 is 1.94 bits per heavy atom. The minimum atomic E-state index is -0.695. The summed E-state index contributed by atoms with van der Waals surface area (Å²) in [5, 5.41) is 0.538. The van der Waals surface area contributed by atoms with Gasteiger partial charge >= 0.3 is 12.0 Å². The van der Waals surface area contributed by atoms with Gasteiger partial charge in [-0.05, 0) is 38.5 Å². The number of rotatable bonds is 5. The van der Waals surface area contributed by atoms with Crippen LogP contribution in [-0.2, 0) is 20.9 Å². The van der Waals surface area contributed by atoms with Crippen LogP contribution in [0.4, 0.5) is 4.79 Å². The Balaban J connectivity index is 1.64. The Kier molecular flexibility index (Phi) is 5.38. The van der Waals surface area contributed by atoms with E-state index in [1.54, 1.807) is 37.1 Å². The van der Waals surface area contributed by atoms with Crippen LogP contribution in [0.1, 0.15) is 26.3 Å². The number of ether oxygens (including phenoxy) is 1. The standard InChI is InChI=1S/C21H24ClN5O4/c1-5-31-16(28)11-25-12(2)13(3)27-17-18(23-20(25)27)24(4)21(30)26(19(17)29)10-14-7-6-8-15(22)9-14/h6-9,17-18H,5,10-11H2,1-4H3. The number of urea groups is 1. The molecule has 1 aromatic carbocycles. The summed E-state index contributed by atoms with van der Waals surface area (Å²) in [5.74, 6) is -0.236. The normalized spacial score (nSPS) is 22.8. The minimum absolute atomic E-state index is 0.0101. The highest BCUT2D eigenvalue weighted by Gasteiger charge is 2.55. The highest BCUT2D eigenvalue weighted by atomic mass is 35.5. The molecule has 3 aliphatic heterocycles. The Morgan fingerprint density at radius 3 is 2.61 bits per heavy atom. The van der Waals surface area contributed by atoms with Crippen molar-refractivity contribution in [3.8, 4) is 0 Å². The van der Waals surface area contributed by atoms with Gasteiger partial charge < -0.3 is 14.5 Å². The van der Waals surface area contributed by atoms with Gasteiger partial charge in [-0.3, -0.25) is 19.4 Å². The van der Waals surface area contributed by atoms with Gasteiger partial charge in [0.15, 0.2) is 12.2 Å². The summed E-state index contributed by atoms with van der Waals surface area (Å²) in [5.41, 5.74) is 2.39. The maximum absolute atomic E-state index is 13.5. The number of carbonyl (C=O) groups excluding carboxylic acids is 3. The smallest absolute Gasteiger partial charge is 0.328 e. The number of allylic oxidation sites excluding steroid dienone is 2. The molecule has 4 rings (SSSR count). The van der Waals surface area contributed by atoms with Crippen LogP contribution in [0.5, 0.6) is 0 Å². The third kappa shape index (κ3) is 3.42. The number of fused-ring (bicyclic) bond motifs is 3.